The predicted molar refractivity (Wildman–Crippen MR) is 155 cm³/mol. The standard InChI is InChI=1S/C30H37F2N5O5S/c1-36-19-30(34-20-36)43(41,42)37(17-24-8-5-13-33-24)18-28(39)27(14-21-6-3-2-4-7-21)35-29(40)12-11-25(38)15-22-9-10-23(31)16-26(22)32/h2-4,6-7,9-10,16,19-20,24,27-28,33,39H,5,8,11-15,17-18H2,1H3,(H,35,40)/t24?,27-,28+/m0/s1. The van der Waals surface area contributed by atoms with Crippen LogP contribution in [-0.4, -0.2) is 76.9 Å². The Kier molecular flexibility index (Phi) is 11.1. The summed E-state index contributed by atoms with van der Waals surface area (Å²) in [5.74, 6) is -2.51. The number of sulfonamides is 1. The van der Waals surface area contributed by atoms with Crippen molar-refractivity contribution in [2.75, 3.05) is 19.6 Å². The van der Waals surface area contributed by atoms with Crippen LogP contribution in [-0.2, 0) is 39.5 Å². The van der Waals surface area contributed by atoms with Crippen LogP contribution in [0.3, 0.4) is 0 Å². The van der Waals surface area contributed by atoms with Crippen LogP contribution in [0.1, 0.15) is 36.8 Å². The fraction of sp³-hybridized carbons (Fsp3) is 0.433. The molecule has 1 aliphatic heterocycles. The Bertz CT molecular complexity index is 1500. The number of Topliss-reactive ketones (excluding diaryl/α,β-unsaturated/α-hetero) is 1. The number of imidazole rings is 1. The van der Waals surface area contributed by atoms with Crippen LogP contribution in [0.15, 0.2) is 66.1 Å². The van der Waals surface area contributed by atoms with Crippen LogP contribution in [0.5, 0.6) is 0 Å². The van der Waals surface area contributed by atoms with Crippen LogP contribution in [0.2, 0.25) is 0 Å². The number of ketones is 1. The van der Waals surface area contributed by atoms with E-state index in [0.717, 1.165) is 31.0 Å². The lowest BCUT2D eigenvalue weighted by Crippen LogP contribution is -2.52. The van der Waals surface area contributed by atoms with E-state index in [0.29, 0.717) is 6.07 Å². The molecule has 1 unspecified atom stereocenters. The summed E-state index contributed by atoms with van der Waals surface area (Å²) in [6.07, 6.45) is 2.69. The van der Waals surface area contributed by atoms with Gasteiger partial charge < -0.3 is 20.3 Å². The molecule has 2 aromatic carbocycles. The van der Waals surface area contributed by atoms with Crippen molar-refractivity contribution in [3.05, 3.63) is 83.8 Å². The number of nitrogens with zero attached hydrogens (tertiary/aromatic N) is 3. The Morgan fingerprint density at radius 3 is 2.60 bits per heavy atom. The number of carbonyl (C=O) groups is 2. The molecule has 232 valence electrons. The molecule has 1 aromatic heterocycles. The van der Waals surface area contributed by atoms with Crippen molar-refractivity contribution in [1.29, 1.82) is 0 Å². The first-order chi connectivity index (χ1) is 20.5. The van der Waals surface area contributed by atoms with Crippen LogP contribution < -0.4 is 10.6 Å². The van der Waals surface area contributed by atoms with E-state index in [9.17, 15) is 31.9 Å². The minimum absolute atomic E-state index is 0.0372. The SMILES string of the molecule is Cn1cnc(S(=O)(=O)N(CC2CCCN2)C[C@@H](O)[C@H](Cc2ccccc2)NC(=O)CCC(=O)Cc2ccc(F)cc2F)c1. The van der Waals surface area contributed by atoms with Crippen molar-refractivity contribution < 1.29 is 31.9 Å². The molecule has 1 amide bonds. The maximum atomic E-state index is 13.9. The largest absolute Gasteiger partial charge is 0.390 e. The molecular weight excluding hydrogens is 580 g/mol. The highest BCUT2D eigenvalue weighted by molar-refractivity contribution is 7.89. The Labute approximate surface area is 250 Å². The van der Waals surface area contributed by atoms with Gasteiger partial charge in [-0.25, -0.2) is 22.2 Å². The highest BCUT2D eigenvalue weighted by Crippen LogP contribution is 2.19. The summed E-state index contributed by atoms with van der Waals surface area (Å²) in [7, 11) is -2.40. The lowest BCUT2D eigenvalue weighted by Gasteiger charge is -2.30. The zero-order chi connectivity index (χ0) is 31.0. The van der Waals surface area contributed by atoms with Gasteiger partial charge in [-0.2, -0.15) is 4.31 Å². The fourth-order valence-corrected chi connectivity index (χ4v) is 6.54. The van der Waals surface area contributed by atoms with Crippen molar-refractivity contribution in [2.24, 2.45) is 7.05 Å². The second-order valence-corrected chi connectivity index (χ2v) is 12.8. The first-order valence-electron chi connectivity index (χ1n) is 14.2. The van der Waals surface area contributed by atoms with Crippen molar-refractivity contribution >= 4 is 21.7 Å². The van der Waals surface area contributed by atoms with Gasteiger partial charge in [-0.05, 0) is 43.0 Å². The van der Waals surface area contributed by atoms with Gasteiger partial charge in [0.15, 0.2) is 5.03 Å². The molecule has 10 nitrogen and oxygen atoms in total. The molecule has 4 rings (SSSR count). The molecule has 0 spiro atoms. The Hall–Kier alpha value is -3.52. The Morgan fingerprint density at radius 2 is 1.95 bits per heavy atom. The lowest BCUT2D eigenvalue weighted by molar-refractivity contribution is -0.126. The quantitative estimate of drug-likeness (QED) is 0.238. The topological polar surface area (TPSA) is 134 Å². The average Bonchev–Trinajstić information content (AvgIpc) is 3.65. The van der Waals surface area contributed by atoms with E-state index < -0.39 is 45.5 Å². The summed E-state index contributed by atoms with van der Waals surface area (Å²) in [6.45, 7) is 0.595. The second-order valence-electron chi connectivity index (χ2n) is 10.9. The number of rotatable bonds is 15. The lowest BCUT2D eigenvalue weighted by atomic mass is 10.00. The van der Waals surface area contributed by atoms with Crippen molar-refractivity contribution in [3.63, 3.8) is 0 Å². The number of aryl methyl sites for hydroxylation is 1. The molecule has 0 radical (unpaired) electrons. The molecule has 3 N–H and O–H groups in total. The number of hydrogen-bond donors (Lipinski definition) is 3. The molecule has 3 atom stereocenters. The van der Waals surface area contributed by atoms with Gasteiger partial charge in [-0.1, -0.05) is 36.4 Å². The Morgan fingerprint density at radius 1 is 1.19 bits per heavy atom. The van der Waals surface area contributed by atoms with Crippen LogP contribution in [0.4, 0.5) is 8.78 Å². The van der Waals surface area contributed by atoms with Crippen LogP contribution in [0.25, 0.3) is 0 Å². The van der Waals surface area contributed by atoms with Gasteiger partial charge >= 0.3 is 0 Å². The molecule has 0 bridgehead atoms. The number of aromatic nitrogens is 2. The molecule has 0 saturated carbocycles. The third-order valence-electron chi connectivity index (χ3n) is 7.41. The van der Waals surface area contributed by atoms with E-state index in [2.05, 4.69) is 15.6 Å². The molecule has 3 aromatic rings. The number of carbonyl (C=O) groups excluding carboxylic acids is 2. The summed E-state index contributed by atoms with van der Waals surface area (Å²) in [5, 5.41) is 17.3. The number of aliphatic hydroxyl groups is 1. The molecule has 1 saturated heterocycles. The molecule has 2 heterocycles. The van der Waals surface area contributed by atoms with Crippen molar-refractivity contribution in [3.8, 4) is 0 Å². The van der Waals surface area contributed by atoms with E-state index in [1.165, 1.54) is 27.5 Å². The van der Waals surface area contributed by atoms with Gasteiger partial charge in [0.1, 0.15) is 17.4 Å². The van der Waals surface area contributed by atoms with Crippen LogP contribution >= 0.6 is 0 Å². The zero-order valence-corrected chi connectivity index (χ0v) is 24.8. The maximum Gasteiger partial charge on any atom is 0.262 e. The highest BCUT2D eigenvalue weighted by Gasteiger charge is 2.34. The molecule has 43 heavy (non-hydrogen) atoms. The number of benzene rings is 2. The van der Waals surface area contributed by atoms with E-state index >= 15 is 0 Å². The monoisotopic (exact) mass is 617 g/mol. The van der Waals surface area contributed by atoms with Gasteiger partial charge in [-0.15, -0.1) is 0 Å². The first-order valence-corrected chi connectivity index (χ1v) is 15.6. The normalized spacial score (nSPS) is 16.7. The first kappa shape index (κ1) is 32.4. The minimum Gasteiger partial charge on any atom is -0.390 e. The third kappa shape index (κ3) is 9.23. The van der Waals surface area contributed by atoms with Gasteiger partial charge in [-0.3, -0.25) is 9.59 Å². The predicted octanol–water partition coefficient (Wildman–Crippen LogP) is 2.12. The average molecular weight is 618 g/mol. The van der Waals surface area contributed by atoms with Gasteiger partial charge in [0.2, 0.25) is 5.91 Å². The van der Waals surface area contributed by atoms with Crippen molar-refractivity contribution in [2.45, 2.75) is 61.7 Å². The van der Waals surface area contributed by atoms with Crippen LogP contribution in [0, 0.1) is 11.6 Å². The molecular formula is C30H37F2N5O5S. The molecule has 1 fully saturated rings. The van der Waals surface area contributed by atoms with E-state index in [4.69, 9.17) is 0 Å². The number of aliphatic hydroxyl groups excluding tert-OH is 1. The summed E-state index contributed by atoms with van der Waals surface area (Å²) in [4.78, 5) is 29.4. The summed E-state index contributed by atoms with van der Waals surface area (Å²) in [6, 6.07) is 11.1. The second kappa shape index (κ2) is 14.8. The minimum atomic E-state index is -4.07. The zero-order valence-electron chi connectivity index (χ0n) is 24.0. The Balaban J connectivity index is 1.46. The highest BCUT2D eigenvalue weighted by atomic mass is 32.2. The van der Waals surface area contributed by atoms with Gasteiger partial charge in [0, 0.05) is 57.7 Å². The summed E-state index contributed by atoms with van der Waals surface area (Å²) in [5.41, 5.74) is 0.849. The number of halogens is 2. The van der Waals surface area contributed by atoms with E-state index in [1.54, 1.807) is 7.05 Å². The summed E-state index contributed by atoms with van der Waals surface area (Å²) < 4.78 is 57.0. The molecule has 13 heteroatoms. The smallest absolute Gasteiger partial charge is 0.262 e. The maximum absolute atomic E-state index is 13.9. The molecule has 0 aliphatic carbocycles. The molecule has 1 aliphatic rings. The van der Waals surface area contributed by atoms with E-state index in [-0.39, 0.29) is 55.4 Å². The van der Waals surface area contributed by atoms with Crippen molar-refractivity contribution in [1.82, 2.24) is 24.5 Å². The van der Waals surface area contributed by atoms with Gasteiger partial charge in [0.05, 0.1) is 18.5 Å². The number of nitrogens with one attached hydrogen (secondary N) is 2. The number of hydrogen-bond acceptors (Lipinski definition) is 7. The van der Waals surface area contributed by atoms with Gasteiger partial charge in [0.25, 0.3) is 10.0 Å². The number of amides is 1. The van der Waals surface area contributed by atoms with E-state index in [1.807, 2.05) is 30.3 Å². The third-order valence-corrected chi connectivity index (χ3v) is 9.12. The summed E-state index contributed by atoms with van der Waals surface area (Å²) >= 11 is 0. The fourth-order valence-electron chi connectivity index (χ4n) is 5.07.